The molecular formula is C32H40ClFN6O7. The van der Waals surface area contributed by atoms with Gasteiger partial charge in [-0.15, -0.1) is 0 Å². The van der Waals surface area contributed by atoms with Gasteiger partial charge in [0.2, 0.25) is 11.8 Å². The third-order valence-electron chi connectivity index (χ3n) is 6.94. The maximum atomic E-state index is 13.9. The monoisotopic (exact) mass is 674 g/mol. The van der Waals surface area contributed by atoms with Crippen LogP contribution in [0.1, 0.15) is 45.6 Å². The molecule has 1 aromatic carbocycles. The molecule has 15 heteroatoms. The van der Waals surface area contributed by atoms with Crippen LogP contribution in [0.4, 0.5) is 19.8 Å². The average molecular weight is 675 g/mol. The summed E-state index contributed by atoms with van der Waals surface area (Å²) in [6.45, 7) is 4.31. The number of aryl methyl sites for hydroxylation is 1. The smallest absolute Gasteiger partial charge is 0.412 e. The summed E-state index contributed by atoms with van der Waals surface area (Å²) < 4.78 is 24.5. The number of aromatic nitrogens is 2. The second-order valence-corrected chi connectivity index (χ2v) is 12.1. The number of hydrogen-bond acceptors (Lipinski definition) is 9. The van der Waals surface area contributed by atoms with Crippen LogP contribution in [0.5, 0.6) is 0 Å². The number of pyridine rings is 2. The quantitative estimate of drug-likeness (QED) is 0.183. The Morgan fingerprint density at radius 2 is 1.87 bits per heavy atom. The Hall–Kier alpha value is -4.56. The highest BCUT2D eigenvalue weighted by Crippen LogP contribution is 2.22. The number of aliphatic hydroxyl groups excluding tert-OH is 1. The van der Waals surface area contributed by atoms with Crippen molar-refractivity contribution in [2.75, 3.05) is 32.1 Å². The third-order valence-corrected chi connectivity index (χ3v) is 7.37. The van der Waals surface area contributed by atoms with Gasteiger partial charge in [-0.2, -0.15) is 0 Å². The van der Waals surface area contributed by atoms with Gasteiger partial charge in [0.05, 0.1) is 17.7 Å². The van der Waals surface area contributed by atoms with Gasteiger partial charge < -0.3 is 30.1 Å². The highest BCUT2D eigenvalue weighted by Gasteiger charge is 2.25. The number of carbonyl (C=O) groups excluding carboxylic acids is 4. The summed E-state index contributed by atoms with van der Waals surface area (Å²) in [5.41, 5.74) is -0.300. The predicted molar refractivity (Wildman–Crippen MR) is 173 cm³/mol. The third kappa shape index (κ3) is 12.0. The van der Waals surface area contributed by atoms with Crippen LogP contribution in [-0.4, -0.2) is 88.5 Å². The van der Waals surface area contributed by atoms with Gasteiger partial charge in [0.15, 0.2) is 0 Å². The number of halogens is 2. The van der Waals surface area contributed by atoms with Crippen LogP contribution in [0.3, 0.4) is 0 Å². The molecule has 4 N–H and O–H groups in total. The standard InChI is InChI=1S/C32H40ClFN6O7/c1-32(2,3)47-31(45)38-25(18-41)29(43)36-13-6-8-23(40(4)27(42)11-10-20-7-5-9-24(34)28(20)33)19-46-30(44)39-26-15-21-12-14-35-16-22(21)17-37-26/h5,7,9,12,14-17,23,25,41H,6,8,10-11,13,18-19H2,1-4H3,(H,36,43)(H,38,45)(H,37,39,44)/t23-,25-/m0/s1. The van der Waals surface area contributed by atoms with E-state index in [-0.39, 0.29) is 42.7 Å². The first-order chi connectivity index (χ1) is 22.3. The Morgan fingerprint density at radius 3 is 2.60 bits per heavy atom. The van der Waals surface area contributed by atoms with Gasteiger partial charge >= 0.3 is 12.2 Å². The van der Waals surface area contributed by atoms with Crippen molar-refractivity contribution in [2.24, 2.45) is 0 Å². The molecule has 0 saturated carbocycles. The van der Waals surface area contributed by atoms with Crippen LogP contribution in [0.15, 0.2) is 48.9 Å². The first-order valence-electron chi connectivity index (χ1n) is 15.0. The number of likely N-dealkylation sites (N-methyl/N-ethyl adjacent to an activating group) is 1. The summed E-state index contributed by atoms with van der Waals surface area (Å²) in [6.07, 6.45) is 4.07. The number of ether oxygens (including phenoxy) is 2. The minimum absolute atomic E-state index is 0.0173. The molecular weight excluding hydrogens is 635 g/mol. The second-order valence-electron chi connectivity index (χ2n) is 11.7. The fraction of sp³-hybridized carbons (Fsp3) is 0.438. The Morgan fingerprint density at radius 1 is 1.11 bits per heavy atom. The van der Waals surface area contributed by atoms with Gasteiger partial charge in [-0.05, 0) is 69.2 Å². The maximum Gasteiger partial charge on any atom is 0.412 e. The molecule has 254 valence electrons. The summed E-state index contributed by atoms with van der Waals surface area (Å²) in [7, 11) is 1.56. The van der Waals surface area contributed by atoms with Crippen LogP contribution >= 0.6 is 11.6 Å². The van der Waals surface area contributed by atoms with E-state index in [1.54, 1.807) is 64.6 Å². The number of carbonyl (C=O) groups is 4. The number of alkyl carbamates (subject to hydrolysis) is 1. The van der Waals surface area contributed by atoms with E-state index < -0.39 is 48.2 Å². The summed E-state index contributed by atoms with van der Waals surface area (Å²) in [4.78, 5) is 60.1. The Bertz CT molecular complexity index is 1550. The largest absolute Gasteiger partial charge is 0.447 e. The van der Waals surface area contributed by atoms with Crippen molar-refractivity contribution in [1.82, 2.24) is 25.5 Å². The van der Waals surface area contributed by atoms with Gasteiger partial charge in [0.1, 0.15) is 29.9 Å². The van der Waals surface area contributed by atoms with Crippen LogP contribution < -0.4 is 16.0 Å². The predicted octanol–water partition coefficient (Wildman–Crippen LogP) is 4.21. The number of nitrogens with zero attached hydrogens (tertiary/aromatic N) is 3. The number of amides is 4. The van der Waals surface area contributed by atoms with Gasteiger partial charge in [0.25, 0.3) is 0 Å². The molecule has 3 aromatic rings. The summed E-state index contributed by atoms with van der Waals surface area (Å²) in [6, 6.07) is 6.00. The molecule has 47 heavy (non-hydrogen) atoms. The van der Waals surface area contributed by atoms with E-state index in [0.717, 1.165) is 10.8 Å². The SMILES string of the molecule is CN(C(=O)CCc1cccc(F)c1Cl)[C@@H](CCCNC(=O)[C@H](CO)NC(=O)OC(C)(C)C)COC(=O)Nc1cc2ccncc2cn1. The maximum absolute atomic E-state index is 13.9. The Balaban J connectivity index is 1.59. The zero-order valence-corrected chi connectivity index (χ0v) is 27.5. The fourth-order valence-corrected chi connectivity index (χ4v) is 4.65. The lowest BCUT2D eigenvalue weighted by Crippen LogP contribution is -2.50. The molecule has 0 spiro atoms. The number of benzene rings is 1. The lowest BCUT2D eigenvalue weighted by atomic mass is 10.1. The fourth-order valence-electron chi connectivity index (χ4n) is 4.43. The molecule has 0 fully saturated rings. The number of anilines is 1. The van der Waals surface area contributed by atoms with E-state index in [0.29, 0.717) is 18.4 Å². The van der Waals surface area contributed by atoms with Crippen molar-refractivity contribution < 1.29 is 38.1 Å². The first-order valence-corrected chi connectivity index (χ1v) is 15.4. The van der Waals surface area contributed by atoms with E-state index in [2.05, 4.69) is 25.9 Å². The molecule has 3 rings (SSSR count). The van der Waals surface area contributed by atoms with E-state index in [1.807, 2.05) is 0 Å². The average Bonchev–Trinajstić information content (AvgIpc) is 3.02. The molecule has 13 nitrogen and oxygen atoms in total. The van der Waals surface area contributed by atoms with Gasteiger partial charge in [-0.25, -0.2) is 19.0 Å². The first kappa shape index (κ1) is 36.9. The van der Waals surface area contributed by atoms with Crippen LogP contribution in [0.2, 0.25) is 5.02 Å². The molecule has 0 bridgehead atoms. The summed E-state index contributed by atoms with van der Waals surface area (Å²) >= 11 is 6.05. The van der Waals surface area contributed by atoms with Gasteiger partial charge in [0, 0.05) is 44.0 Å². The number of rotatable bonds is 14. The van der Waals surface area contributed by atoms with Crippen molar-refractivity contribution >= 4 is 52.2 Å². The molecule has 2 heterocycles. The van der Waals surface area contributed by atoms with E-state index in [4.69, 9.17) is 21.1 Å². The van der Waals surface area contributed by atoms with E-state index in [1.165, 1.54) is 17.0 Å². The van der Waals surface area contributed by atoms with Gasteiger partial charge in [-0.3, -0.25) is 19.9 Å². The van der Waals surface area contributed by atoms with Crippen molar-refractivity contribution in [3.8, 4) is 0 Å². The van der Waals surface area contributed by atoms with Crippen LogP contribution in [-0.2, 0) is 25.5 Å². The molecule has 4 amide bonds. The second kappa shape index (κ2) is 17.4. The molecule has 0 aliphatic rings. The Kier molecular flexibility index (Phi) is 13.6. The summed E-state index contributed by atoms with van der Waals surface area (Å²) in [5.74, 6) is -1.23. The number of nitrogens with one attached hydrogen (secondary N) is 3. The zero-order valence-electron chi connectivity index (χ0n) is 26.7. The lowest BCUT2D eigenvalue weighted by molar-refractivity contribution is -0.133. The molecule has 2 atom stereocenters. The summed E-state index contributed by atoms with van der Waals surface area (Å²) in [5, 5.41) is 18.7. The minimum Gasteiger partial charge on any atom is -0.447 e. The molecule has 0 aliphatic carbocycles. The van der Waals surface area contributed by atoms with Gasteiger partial charge in [-0.1, -0.05) is 23.7 Å². The molecule has 0 saturated heterocycles. The Labute approximate surface area is 277 Å². The minimum atomic E-state index is -1.23. The lowest BCUT2D eigenvalue weighted by Gasteiger charge is -2.28. The number of fused-ring (bicyclic) bond motifs is 1. The molecule has 0 aliphatic heterocycles. The van der Waals surface area contributed by atoms with Crippen LogP contribution in [0, 0.1) is 5.82 Å². The number of aliphatic hydroxyl groups is 1. The van der Waals surface area contributed by atoms with E-state index >= 15 is 0 Å². The van der Waals surface area contributed by atoms with Crippen molar-refractivity contribution in [1.29, 1.82) is 0 Å². The van der Waals surface area contributed by atoms with Crippen molar-refractivity contribution in [2.45, 2.75) is 64.1 Å². The van der Waals surface area contributed by atoms with Crippen LogP contribution in [0.25, 0.3) is 10.8 Å². The topological polar surface area (TPSA) is 172 Å². The molecule has 0 unspecified atom stereocenters. The highest BCUT2D eigenvalue weighted by atomic mass is 35.5. The zero-order chi connectivity index (χ0) is 34.6. The van der Waals surface area contributed by atoms with Crippen molar-refractivity contribution in [3.63, 3.8) is 0 Å². The normalized spacial score (nSPS) is 12.5. The molecule has 2 aromatic heterocycles. The number of hydrogen-bond donors (Lipinski definition) is 4. The molecule has 0 radical (unpaired) electrons. The van der Waals surface area contributed by atoms with E-state index in [9.17, 15) is 28.7 Å². The highest BCUT2D eigenvalue weighted by molar-refractivity contribution is 6.31. The van der Waals surface area contributed by atoms with Crippen molar-refractivity contribution in [3.05, 3.63) is 65.3 Å².